The van der Waals surface area contributed by atoms with Crippen molar-refractivity contribution in [2.75, 3.05) is 19.7 Å². The lowest BCUT2D eigenvalue weighted by atomic mass is 9.89. The largest absolute Gasteiger partial charge is 0.445 e. The molecule has 1 N–H and O–H groups in total. The van der Waals surface area contributed by atoms with Crippen LogP contribution in [0.4, 0.5) is 0 Å². The number of oxazole rings is 1. The van der Waals surface area contributed by atoms with Crippen molar-refractivity contribution in [2.45, 2.75) is 84.8 Å². The lowest BCUT2D eigenvalue weighted by Gasteiger charge is -2.40. The van der Waals surface area contributed by atoms with Crippen molar-refractivity contribution in [2.24, 2.45) is 0 Å². The van der Waals surface area contributed by atoms with Crippen LogP contribution in [0.3, 0.4) is 0 Å². The molecule has 0 bridgehead atoms. The van der Waals surface area contributed by atoms with Gasteiger partial charge in [0.15, 0.2) is 11.6 Å². The molecular weight excluding hydrogens is 358 g/mol. The minimum Gasteiger partial charge on any atom is -0.445 e. The van der Waals surface area contributed by atoms with Crippen LogP contribution < -0.4 is 5.32 Å². The van der Waals surface area contributed by atoms with E-state index >= 15 is 0 Å². The molecule has 2 heterocycles. The first-order valence-electron chi connectivity index (χ1n) is 10.4. The number of aryl methyl sites for hydroxylation is 1. The van der Waals surface area contributed by atoms with Crippen LogP contribution in [-0.2, 0) is 9.53 Å². The predicted octanol–water partition coefficient (Wildman–Crippen LogP) is 3.42. The highest BCUT2D eigenvalue weighted by atomic mass is 16.5. The summed E-state index contributed by atoms with van der Waals surface area (Å²) in [4.78, 5) is 31.7. The van der Waals surface area contributed by atoms with E-state index in [4.69, 9.17) is 9.15 Å². The third kappa shape index (κ3) is 5.34. The molecule has 0 spiro atoms. The Morgan fingerprint density at radius 1 is 1.29 bits per heavy atom. The van der Waals surface area contributed by atoms with Gasteiger partial charge in [0, 0.05) is 31.2 Å². The lowest BCUT2D eigenvalue weighted by molar-refractivity contribution is -0.145. The second-order valence-corrected chi connectivity index (χ2v) is 8.18. The molecule has 1 saturated heterocycles. The first-order chi connectivity index (χ1) is 13.2. The molecule has 7 nitrogen and oxygen atoms in total. The second kappa shape index (κ2) is 9.54. The van der Waals surface area contributed by atoms with Crippen LogP contribution in [-0.4, -0.2) is 53.0 Å². The summed E-state index contributed by atoms with van der Waals surface area (Å²) in [6.45, 7) is 13.5. The molecule has 1 unspecified atom stereocenters. The van der Waals surface area contributed by atoms with Crippen LogP contribution in [0.25, 0.3) is 0 Å². The average molecular weight is 394 g/mol. The Labute approximate surface area is 168 Å². The summed E-state index contributed by atoms with van der Waals surface area (Å²) < 4.78 is 11.2. The van der Waals surface area contributed by atoms with Crippen molar-refractivity contribution in [1.82, 2.24) is 15.2 Å². The van der Waals surface area contributed by atoms with Crippen molar-refractivity contribution in [3.8, 4) is 0 Å². The summed E-state index contributed by atoms with van der Waals surface area (Å²) in [7, 11) is 0. The average Bonchev–Trinajstić information content (AvgIpc) is 3.03. The monoisotopic (exact) mass is 393 g/mol. The van der Waals surface area contributed by atoms with E-state index in [1.807, 2.05) is 32.6 Å². The Morgan fingerprint density at radius 3 is 2.43 bits per heavy atom. The van der Waals surface area contributed by atoms with Crippen LogP contribution in [0.2, 0.25) is 0 Å². The number of likely N-dealkylation sites (tertiary alicyclic amines) is 1. The number of ether oxygens (including phenoxy) is 1. The van der Waals surface area contributed by atoms with E-state index < -0.39 is 0 Å². The molecule has 1 aliphatic heterocycles. The first-order valence-corrected chi connectivity index (χ1v) is 10.4. The summed E-state index contributed by atoms with van der Waals surface area (Å²) in [5.74, 6) is 1.09. The molecule has 1 aliphatic rings. The number of aromatic nitrogens is 1. The van der Waals surface area contributed by atoms with Crippen molar-refractivity contribution in [1.29, 1.82) is 0 Å². The van der Waals surface area contributed by atoms with Gasteiger partial charge < -0.3 is 19.4 Å². The van der Waals surface area contributed by atoms with Crippen LogP contribution in [0.5, 0.6) is 0 Å². The summed E-state index contributed by atoms with van der Waals surface area (Å²) in [6.07, 6.45) is 2.68. The number of carbonyl (C=O) groups is 2. The molecule has 1 aromatic rings. The molecule has 0 saturated carbocycles. The van der Waals surface area contributed by atoms with Crippen molar-refractivity contribution in [3.05, 3.63) is 17.3 Å². The van der Waals surface area contributed by atoms with Gasteiger partial charge in [-0.1, -0.05) is 27.2 Å². The van der Waals surface area contributed by atoms with Gasteiger partial charge in [0.05, 0.1) is 0 Å². The van der Waals surface area contributed by atoms with Gasteiger partial charge in [0.25, 0.3) is 11.8 Å². The van der Waals surface area contributed by atoms with E-state index in [-0.39, 0.29) is 29.4 Å². The van der Waals surface area contributed by atoms with E-state index in [0.29, 0.717) is 49.9 Å². The number of carbonyl (C=O) groups excluding carboxylic acids is 2. The molecule has 2 rings (SSSR count). The van der Waals surface area contributed by atoms with Gasteiger partial charge in [-0.2, -0.15) is 0 Å². The Balaban J connectivity index is 1.97. The molecular formula is C21H35N3O4. The maximum Gasteiger partial charge on any atom is 0.273 e. The van der Waals surface area contributed by atoms with Crippen LogP contribution in [0, 0.1) is 6.92 Å². The summed E-state index contributed by atoms with van der Waals surface area (Å²) in [5, 5.41) is 3.11. The zero-order valence-corrected chi connectivity index (χ0v) is 18.1. The van der Waals surface area contributed by atoms with Crippen LogP contribution in [0.1, 0.15) is 88.4 Å². The van der Waals surface area contributed by atoms with Gasteiger partial charge in [-0.3, -0.25) is 9.59 Å². The summed E-state index contributed by atoms with van der Waals surface area (Å²) >= 11 is 0. The molecule has 2 amide bonds. The molecule has 7 heteroatoms. The molecule has 1 fully saturated rings. The number of amides is 2. The minimum atomic E-state index is -0.372. The summed E-state index contributed by atoms with van der Waals surface area (Å²) in [5.41, 5.74) is -0.0221. The fourth-order valence-electron chi connectivity index (χ4n) is 3.50. The van der Waals surface area contributed by atoms with Crippen molar-refractivity contribution < 1.29 is 18.7 Å². The maximum absolute atomic E-state index is 12.7. The second-order valence-electron chi connectivity index (χ2n) is 8.18. The normalized spacial score (nSPS) is 17.6. The standard InChI is InChI=1S/C21H35N3O4/c1-7-9-16(27-8-2)20(26)24-12-10-21(6,11-13-24)23-18(25)17-15(5)28-19(22-17)14(3)4/h14,16H,7-13H2,1-6H3,(H,23,25). The number of rotatable bonds is 8. The smallest absolute Gasteiger partial charge is 0.273 e. The van der Waals surface area contributed by atoms with Crippen LogP contribution >= 0.6 is 0 Å². The fourth-order valence-corrected chi connectivity index (χ4v) is 3.50. The van der Waals surface area contributed by atoms with Gasteiger partial charge in [-0.25, -0.2) is 4.98 Å². The molecule has 1 aromatic heterocycles. The van der Waals surface area contributed by atoms with Gasteiger partial charge >= 0.3 is 0 Å². The minimum absolute atomic E-state index is 0.0611. The molecule has 0 radical (unpaired) electrons. The number of piperidine rings is 1. The van der Waals surface area contributed by atoms with E-state index in [1.54, 1.807) is 6.92 Å². The van der Waals surface area contributed by atoms with Gasteiger partial charge in [0.2, 0.25) is 0 Å². The van der Waals surface area contributed by atoms with Crippen LogP contribution in [0.15, 0.2) is 4.42 Å². The fraction of sp³-hybridized carbons (Fsp3) is 0.762. The van der Waals surface area contributed by atoms with Gasteiger partial charge in [-0.05, 0) is 40.0 Å². The zero-order valence-electron chi connectivity index (χ0n) is 18.1. The molecule has 0 aliphatic carbocycles. The zero-order chi connectivity index (χ0) is 20.9. The number of nitrogens with one attached hydrogen (secondary N) is 1. The predicted molar refractivity (Wildman–Crippen MR) is 107 cm³/mol. The third-order valence-electron chi connectivity index (χ3n) is 5.31. The van der Waals surface area contributed by atoms with E-state index in [0.717, 1.165) is 12.8 Å². The van der Waals surface area contributed by atoms with E-state index in [9.17, 15) is 9.59 Å². The molecule has 1 atom stereocenters. The Kier molecular flexibility index (Phi) is 7.63. The third-order valence-corrected chi connectivity index (χ3v) is 5.31. The number of hydrogen-bond acceptors (Lipinski definition) is 5. The Bertz CT molecular complexity index is 669. The lowest BCUT2D eigenvalue weighted by Crippen LogP contribution is -2.55. The molecule has 0 aromatic carbocycles. The van der Waals surface area contributed by atoms with E-state index in [2.05, 4.69) is 17.2 Å². The quantitative estimate of drug-likeness (QED) is 0.731. The number of hydrogen-bond donors (Lipinski definition) is 1. The van der Waals surface area contributed by atoms with E-state index in [1.165, 1.54) is 0 Å². The molecule has 158 valence electrons. The number of nitrogens with zero attached hydrogens (tertiary/aromatic N) is 2. The van der Waals surface area contributed by atoms with Crippen molar-refractivity contribution in [3.63, 3.8) is 0 Å². The topological polar surface area (TPSA) is 84.7 Å². The van der Waals surface area contributed by atoms with Crippen molar-refractivity contribution >= 4 is 11.8 Å². The Morgan fingerprint density at radius 2 is 1.93 bits per heavy atom. The molecule has 28 heavy (non-hydrogen) atoms. The highest BCUT2D eigenvalue weighted by Crippen LogP contribution is 2.25. The maximum atomic E-state index is 12.7. The summed E-state index contributed by atoms with van der Waals surface area (Å²) in [6, 6.07) is 0. The highest BCUT2D eigenvalue weighted by molar-refractivity contribution is 5.93. The first kappa shape index (κ1) is 22.4. The SMILES string of the molecule is CCCC(OCC)C(=O)N1CCC(C)(NC(=O)c2nc(C(C)C)oc2C)CC1. The van der Waals surface area contributed by atoms with Gasteiger partial charge in [-0.15, -0.1) is 0 Å². The van der Waals surface area contributed by atoms with Gasteiger partial charge in [0.1, 0.15) is 11.9 Å². The highest BCUT2D eigenvalue weighted by Gasteiger charge is 2.36. The Hall–Kier alpha value is -1.89.